The van der Waals surface area contributed by atoms with Gasteiger partial charge in [0.15, 0.2) is 5.82 Å². The fourth-order valence-electron chi connectivity index (χ4n) is 1.63. The average Bonchev–Trinajstić information content (AvgIpc) is 2.84. The van der Waals surface area contributed by atoms with Crippen LogP contribution in [0.3, 0.4) is 0 Å². The maximum atomic E-state index is 11.9. The molecule has 100 valence electrons. The van der Waals surface area contributed by atoms with Gasteiger partial charge in [-0.3, -0.25) is 9.36 Å². The van der Waals surface area contributed by atoms with Crippen molar-refractivity contribution in [1.82, 2.24) is 14.5 Å². The summed E-state index contributed by atoms with van der Waals surface area (Å²) in [4.78, 5) is 20.3. The molecule has 0 spiro atoms. The Bertz CT molecular complexity index is 580. The molecule has 0 saturated carbocycles. The zero-order valence-electron chi connectivity index (χ0n) is 11.1. The van der Waals surface area contributed by atoms with E-state index >= 15 is 0 Å². The van der Waals surface area contributed by atoms with Gasteiger partial charge in [-0.15, -0.1) is 0 Å². The van der Waals surface area contributed by atoms with Crippen molar-refractivity contribution in [1.29, 1.82) is 0 Å². The highest BCUT2D eigenvalue weighted by Crippen LogP contribution is 2.18. The van der Waals surface area contributed by atoms with Crippen LogP contribution in [0.1, 0.15) is 12.7 Å². The number of amides is 1. The quantitative estimate of drug-likeness (QED) is 0.905. The van der Waals surface area contributed by atoms with Crippen molar-refractivity contribution in [3.63, 3.8) is 0 Å². The van der Waals surface area contributed by atoms with Gasteiger partial charge in [0.2, 0.25) is 0 Å². The molecule has 0 aromatic carbocycles. The summed E-state index contributed by atoms with van der Waals surface area (Å²) in [5, 5.41) is 2.80. The van der Waals surface area contributed by atoms with Crippen LogP contribution in [0.25, 0.3) is 5.82 Å². The van der Waals surface area contributed by atoms with E-state index in [0.717, 1.165) is 5.82 Å². The van der Waals surface area contributed by atoms with E-state index in [9.17, 15) is 4.79 Å². The highest BCUT2D eigenvalue weighted by molar-refractivity contribution is 5.95. The molecule has 1 atom stereocenters. The second-order valence-electron chi connectivity index (χ2n) is 4.09. The van der Waals surface area contributed by atoms with Crippen molar-refractivity contribution >= 4 is 11.6 Å². The van der Waals surface area contributed by atoms with Gasteiger partial charge >= 0.3 is 0 Å². The van der Waals surface area contributed by atoms with Gasteiger partial charge in [-0.05, 0) is 26.0 Å². The van der Waals surface area contributed by atoms with Gasteiger partial charge in [-0.25, -0.2) is 9.97 Å². The van der Waals surface area contributed by atoms with E-state index in [-0.39, 0.29) is 5.91 Å². The maximum absolute atomic E-state index is 11.9. The Morgan fingerprint density at radius 2 is 2.21 bits per heavy atom. The standard InChI is InChI=1S/C13H16N4O2/c1-9(19-3)13(18)16-11-5-4-6-15-12(11)17-8-7-14-10(17)2/h4-9H,1-3H3,(H,16,18). The van der Waals surface area contributed by atoms with Crippen molar-refractivity contribution < 1.29 is 9.53 Å². The molecule has 0 radical (unpaired) electrons. The molecule has 0 aliphatic heterocycles. The van der Waals surface area contributed by atoms with Crippen LogP contribution in [0.2, 0.25) is 0 Å². The van der Waals surface area contributed by atoms with E-state index in [1.54, 1.807) is 37.6 Å². The molecule has 2 aromatic heterocycles. The SMILES string of the molecule is COC(C)C(=O)Nc1cccnc1-n1ccnc1C. The van der Waals surface area contributed by atoms with Crippen LogP contribution in [-0.4, -0.2) is 33.7 Å². The maximum Gasteiger partial charge on any atom is 0.253 e. The average molecular weight is 260 g/mol. The smallest absolute Gasteiger partial charge is 0.253 e. The number of hydrogen-bond donors (Lipinski definition) is 1. The second-order valence-corrected chi connectivity index (χ2v) is 4.09. The van der Waals surface area contributed by atoms with Crippen LogP contribution in [0, 0.1) is 6.92 Å². The minimum Gasteiger partial charge on any atom is -0.372 e. The number of nitrogens with one attached hydrogen (secondary N) is 1. The summed E-state index contributed by atoms with van der Waals surface area (Å²) < 4.78 is 6.80. The fourth-order valence-corrected chi connectivity index (χ4v) is 1.63. The topological polar surface area (TPSA) is 69.0 Å². The number of aromatic nitrogens is 3. The molecule has 0 aliphatic carbocycles. The largest absolute Gasteiger partial charge is 0.372 e. The molecule has 1 amide bonds. The first-order chi connectivity index (χ1) is 9.13. The first-order valence-corrected chi connectivity index (χ1v) is 5.92. The number of methoxy groups -OCH3 is 1. The van der Waals surface area contributed by atoms with E-state index in [1.807, 2.05) is 11.5 Å². The number of ether oxygens (including phenoxy) is 1. The molecular formula is C13H16N4O2. The highest BCUT2D eigenvalue weighted by atomic mass is 16.5. The number of aryl methyl sites for hydroxylation is 1. The molecular weight excluding hydrogens is 244 g/mol. The molecule has 2 rings (SSSR count). The number of carbonyl (C=O) groups excluding carboxylic acids is 1. The zero-order valence-corrected chi connectivity index (χ0v) is 11.1. The van der Waals surface area contributed by atoms with Crippen LogP contribution in [0.15, 0.2) is 30.7 Å². The molecule has 2 heterocycles. The summed E-state index contributed by atoms with van der Waals surface area (Å²) in [7, 11) is 1.49. The number of rotatable bonds is 4. The lowest BCUT2D eigenvalue weighted by Gasteiger charge is -2.14. The van der Waals surface area contributed by atoms with Crippen molar-refractivity contribution in [2.75, 3.05) is 12.4 Å². The van der Waals surface area contributed by atoms with E-state index in [2.05, 4.69) is 15.3 Å². The molecule has 0 aliphatic rings. The second kappa shape index (κ2) is 5.62. The summed E-state index contributed by atoms with van der Waals surface area (Å²) in [6.07, 6.45) is 4.64. The van der Waals surface area contributed by atoms with Gasteiger partial charge in [0, 0.05) is 25.7 Å². The van der Waals surface area contributed by atoms with Gasteiger partial charge in [0.1, 0.15) is 11.9 Å². The summed E-state index contributed by atoms with van der Waals surface area (Å²) in [5.41, 5.74) is 0.623. The third-order valence-electron chi connectivity index (χ3n) is 2.82. The third-order valence-corrected chi connectivity index (χ3v) is 2.82. The lowest BCUT2D eigenvalue weighted by atomic mass is 10.3. The van der Waals surface area contributed by atoms with Crippen LogP contribution in [-0.2, 0) is 9.53 Å². The summed E-state index contributed by atoms with van der Waals surface area (Å²) in [6, 6.07) is 3.56. The number of anilines is 1. The molecule has 1 unspecified atom stereocenters. The summed E-state index contributed by atoms with van der Waals surface area (Å²) in [5.74, 6) is 1.22. The lowest BCUT2D eigenvalue weighted by Crippen LogP contribution is -2.27. The molecule has 6 heteroatoms. The predicted octanol–water partition coefficient (Wildman–Crippen LogP) is 1.55. The van der Waals surface area contributed by atoms with Crippen molar-refractivity contribution in [3.8, 4) is 5.82 Å². The Morgan fingerprint density at radius 3 is 2.84 bits per heavy atom. The van der Waals surface area contributed by atoms with Gasteiger partial charge in [0.05, 0.1) is 5.69 Å². The van der Waals surface area contributed by atoms with Crippen LogP contribution < -0.4 is 5.32 Å². The molecule has 6 nitrogen and oxygen atoms in total. The lowest BCUT2D eigenvalue weighted by molar-refractivity contribution is -0.124. The first kappa shape index (κ1) is 13.2. The minimum absolute atomic E-state index is 0.213. The fraction of sp³-hybridized carbons (Fsp3) is 0.308. The predicted molar refractivity (Wildman–Crippen MR) is 71.2 cm³/mol. The van der Waals surface area contributed by atoms with Crippen molar-refractivity contribution in [2.45, 2.75) is 20.0 Å². The van der Waals surface area contributed by atoms with Crippen molar-refractivity contribution in [2.24, 2.45) is 0 Å². The molecule has 0 saturated heterocycles. The summed E-state index contributed by atoms with van der Waals surface area (Å²) >= 11 is 0. The molecule has 2 aromatic rings. The molecule has 19 heavy (non-hydrogen) atoms. The Labute approximate surface area is 111 Å². The van der Waals surface area contributed by atoms with Gasteiger partial charge in [0.25, 0.3) is 5.91 Å². The Hall–Kier alpha value is -2.21. The minimum atomic E-state index is -0.517. The van der Waals surface area contributed by atoms with Gasteiger partial charge < -0.3 is 10.1 Å². The molecule has 1 N–H and O–H groups in total. The molecule has 0 fully saturated rings. The first-order valence-electron chi connectivity index (χ1n) is 5.92. The van der Waals surface area contributed by atoms with E-state index < -0.39 is 6.10 Å². The summed E-state index contributed by atoms with van der Waals surface area (Å²) in [6.45, 7) is 3.56. The Morgan fingerprint density at radius 1 is 1.42 bits per heavy atom. The number of pyridine rings is 1. The van der Waals surface area contributed by atoms with Gasteiger partial charge in [-0.1, -0.05) is 0 Å². The van der Waals surface area contributed by atoms with E-state index in [0.29, 0.717) is 11.5 Å². The number of carbonyl (C=O) groups is 1. The van der Waals surface area contributed by atoms with Crippen LogP contribution in [0.4, 0.5) is 5.69 Å². The monoisotopic (exact) mass is 260 g/mol. The van der Waals surface area contributed by atoms with Crippen LogP contribution in [0.5, 0.6) is 0 Å². The number of hydrogen-bond acceptors (Lipinski definition) is 4. The van der Waals surface area contributed by atoms with Gasteiger partial charge in [-0.2, -0.15) is 0 Å². The van der Waals surface area contributed by atoms with Crippen LogP contribution >= 0.6 is 0 Å². The Kier molecular flexibility index (Phi) is 3.91. The third kappa shape index (κ3) is 2.79. The Balaban J connectivity index is 2.32. The number of nitrogens with zero attached hydrogens (tertiary/aromatic N) is 3. The normalized spacial score (nSPS) is 12.2. The van der Waals surface area contributed by atoms with E-state index in [1.165, 1.54) is 7.11 Å². The van der Waals surface area contributed by atoms with Crippen molar-refractivity contribution in [3.05, 3.63) is 36.5 Å². The zero-order chi connectivity index (χ0) is 13.8. The molecule has 0 bridgehead atoms. The highest BCUT2D eigenvalue weighted by Gasteiger charge is 2.15. The number of imidazole rings is 1. The van der Waals surface area contributed by atoms with E-state index in [4.69, 9.17) is 4.74 Å².